The second kappa shape index (κ2) is 10.5. The molecule has 4 rings (SSSR count). The zero-order valence-electron chi connectivity index (χ0n) is 19.2. The number of methoxy groups -OCH3 is 2. The van der Waals surface area contributed by atoms with E-state index in [1.54, 1.807) is 14.2 Å². The number of hydrogen-bond acceptors (Lipinski definition) is 5. The number of hydrogen-bond donors (Lipinski definition) is 0. The standard InChI is InChI=1S/C18H23NO2.C8H10O2/c1-12-5-4-6-13(2)17(12)18(20)21-15-8-7-14-9-10-19(3)16(14)11-15;1-9-7-5-3-4-6-8(7)10-2/h4-6,11,14,16H,7-10H2,1-3H3;3-6H,1-2H3. The van der Waals surface area contributed by atoms with E-state index in [-0.39, 0.29) is 5.97 Å². The van der Waals surface area contributed by atoms with E-state index in [9.17, 15) is 4.79 Å². The van der Waals surface area contributed by atoms with E-state index in [2.05, 4.69) is 18.0 Å². The van der Waals surface area contributed by atoms with E-state index >= 15 is 0 Å². The molecule has 1 aliphatic heterocycles. The molecule has 1 aliphatic carbocycles. The molecule has 1 saturated heterocycles. The van der Waals surface area contributed by atoms with E-state index < -0.39 is 0 Å². The second-order valence-electron chi connectivity index (χ2n) is 8.20. The number of esters is 1. The van der Waals surface area contributed by atoms with Gasteiger partial charge in [-0.15, -0.1) is 0 Å². The van der Waals surface area contributed by atoms with Gasteiger partial charge < -0.3 is 14.2 Å². The number of aryl methyl sites for hydroxylation is 2. The fraction of sp³-hybridized carbons (Fsp3) is 0.423. The Morgan fingerprint density at radius 2 is 1.55 bits per heavy atom. The third-order valence-corrected chi connectivity index (χ3v) is 6.16. The van der Waals surface area contributed by atoms with Gasteiger partial charge in [0.15, 0.2) is 11.5 Å². The van der Waals surface area contributed by atoms with Gasteiger partial charge in [-0.05, 0) is 75.5 Å². The summed E-state index contributed by atoms with van der Waals surface area (Å²) < 4.78 is 15.7. The Morgan fingerprint density at radius 3 is 2.13 bits per heavy atom. The lowest BCUT2D eigenvalue weighted by Crippen LogP contribution is -2.30. The first-order valence-electron chi connectivity index (χ1n) is 10.8. The fourth-order valence-electron chi connectivity index (χ4n) is 4.41. The molecule has 0 spiro atoms. The summed E-state index contributed by atoms with van der Waals surface area (Å²) in [5.41, 5.74) is 2.67. The minimum atomic E-state index is -0.212. The normalized spacial score (nSPS) is 20.1. The topological polar surface area (TPSA) is 48.0 Å². The molecule has 0 radical (unpaired) electrons. The van der Waals surface area contributed by atoms with Gasteiger partial charge in [0.25, 0.3) is 0 Å². The molecule has 0 aromatic heterocycles. The maximum Gasteiger partial charge on any atom is 0.343 e. The van der Waals surface area contributed by atoms with E-state index in [1.807, 2.05) is 56.3 Å². The van der Waals surface area contributed by atoms with Gasteiger partial charge in [0.1, 0.15) is 5.76 Å². The van der Waals surface area contributed by atoms with E-state index in [4.69, 9.17) is 14.2 Å². The number of benzene rings is 2. The number of fused-ring (bicyclic) bond motifs is 1. The van der Waals surface area contributed by atoms with Crippen LogP contribution in [0.4, 0.5) is 0 Å². The van der Waals surface area contributed by atoms with Crippen LogP contribution in [0, 0.1) is 19.8 Å². The Hall–Kier alpha value is -2.79. The van der Waals surface area contributed by atoms with Crippen molar-refractivity contribution in [3.63, 3.8) is 0 Å². The number of para-hydroxylation sites is 2. The Kier molecular flexibility index (Phi) is 7.75. The Morgan fingerprint density at radius 1 is 0.935 bits per heavy atom. The summed E-state index contributed by atoms with van der Waals surface area (Å²) in [5.74, 6) is 2.90. The van der Waals surface area contributed by atoms with Crippen LogP contribution in [0.15, 0.2) is 54.3 Å². The number of allylic oxidation sites excluding steroid dienone is 1. The first-order valence-corrected chi connectivity index (χ1v) is 10.8. The van der Waals surface area contributed by atoms with Crippen molar-refractivity contribution in [2.75, 3.05) is 27.8 Å². The summed E-state index contributed by atoms with van der Waals surface area (Å²) in [6.07, 6.45) is 5.43. The average Bonchev–Trinajstić information content (AvgIpc) is 3.14. The van der Waals surface area contributed by atoms with Crippen LogP contribution in [0.1, 0.15) is 40.7 Å². The van der Waals surface area contributed by atoms with Crippen molar-refractivity contribution in [1.29, 1.82) is 0 Å². The lowest BCUT2D eigenvalue weighted by atomic mass is 9.89. The lowest BCUT2D eigenvalue weighted by Gasteiger charge is -2.27. The number of carbonyl (C=O) groups is 1. The predicted octanol–water partition coefficient (Wildman–Crippen LogP) is 5.16. The minimum Gasteiger partial charge on any atom is -0.493 e. The van der Waals surface area contributed by atoms with Crippen LogP contribution in [0.3, 0.4) is 0 Å². The lowest BCUT2D eigenvalue weighted by molar-refractivity contribution is 0.0596. The van der Waals surface area contributed by atoms with Gasteiger partial charge in [-0.2, -0.15) is 0 Å². The van der Waals surface area contributed by atoms with Crippen molar-refractivity contribution in [3.05, 3.63) is 71.0 Å². The molecule has 2 aliphatic rings. The van der Waals surface area contributed by atoms with Gasteiger partial charge in [0.2, 0.25) is 0 Å². The number of nitrogens with zero attached hydrogens (tertiary/aromatic N) is 1. The van der Waals surface area contributed by atoms with Crippen LogP contribution < -0.4 is 9.47 Å². The van der Waals surface area contributed by atoms with Crippen molar-refractivity contribution in [2.45, 2.75) is 39.2 Å². The Balaban J connectivity index is 0.000000229. The van der Waals surface area contributed by atoms with Gasteiger partial charge in [0, 0.05) is 12.5 Å². The third kappa shape index (κ3) is 5.47. The summed E-state index contributed by atoms with van der Waals surface area (Å²) in [7, 11) is 5.40. The Bertz CT molecular complexity index is 894. The highest BCUT2D eigenvalue weighted by molar-refractivity contribution is 5.93. The number of likely N-dealkylation sites (tertiary alicyclic amines) is 1. The summed E-state index contributed by atoms with van der Waals surface area (Å²) >= 11 is 0. The molecule has 1 fully saturated rings. The molecule has 0 amide bonds. The van der Waals surface area contributed by atoms with Gasteiger partial charge >= 0.3 is 5.97 Å². The van der Waals surface area contributed by atoms with Crippen LogP contribution in [0.5, 0.6) is 11.5 Å². The summed E-state index contributed by atoms with van der Waals surface area (Å²) in [6, 6.07) is 13.9. The minimum absolute atomic E-state index is 0.212. The molecule has 5 nitrogen and oxygen atoms in total. The average molecular weight is 424 g/mol. The molecule has 2 atom stereocenters. The zero-order valence-corrected chi connectivity index (χ0v) is 19.2. The highest BCUT2D eigenvalue weighted by atomic mass is 16.5. The molecule has 0 N–H and O–H groups in total. The summed E-state index contributed by atoms with van der Waals surface area (Å²) in [5, 5.41) is 0. The molecule has 31 heavy (non-hydrogen) atoms. The van der Waals surface area contributed by atoms with Crippen molar-refractivity contribution >= 4 is 5.97 Å². The Labute approximate surface area is 185 Å². The third-order valence-electron chi connectivity index (χ3n) is 6.16. The van der Waals surface area contributed by atoms with E-state index in [0.29, 0.717) is 11.6 Å². The van der Waals surface area contributed by atoms with Crippen LogP contribution in [0.25, 0.3) is 0 Å². The highest BCUT2D eigenvalue weighted by Gasteiger charge is 2.34. The predicted molar refractivity (Wildman–Crippen MR) is 123 cm³/mol. The summed E-state index contributed by atoms with van der Waals surface area (Å²) in [6.45, 7) is 5.06. The molecular weight excluding hydrogens is 390 g/mol. The van der Waals surface area contributed by atoms with Crippen LogP contribution in [0.2, 0.25) is 0 Å². The first kappa shape index (κ1) is 22.9. The fourth-order valence-corrected chi connectivity index (χ4v) is 4.41. The molecule has 166 valence electrons. The molecule has 0 bridgehead atoms. The molecule has 2 aromatic carbocycles. The smallest absolute Gasteiger partial charge is 0.343 e. The van der Waals surface area contributed by atoms with Crippen LogP contribution in [-0.4, -0.2) is 44.7 Å². The van der Waals surface area contributed by atoms with Gasteiger partial charge in [0.05, 0.1) is 19.8 Å². The molecule has 0 saturated carbocycles. The molecule has 1 heterocycles. The van der Waals surface area contributed by atoms with Crippen molar-refractivity contribution in [3.8, 4) is 11.5 Å². The quantitative estimate of drug-likeness (QED) is 0.636. The first-order chi connectivity index (χ1) is 14.9. The largest absolute Gasteiger partial charge is 0.493 e. The molecule has 5 heteroatoms. The monoisotopic (exact) mass is 423 g/mol. The van der Waals surface area contributed by atoms with Crippen molar-refractivity contribution < 1.29 is 19.0 Å². The van der Waals surface area contributed by atoms with Gasteiger partial charge in [-0.3, -0.25) is 4.90 Å². The highest BCUT2D eigenvalue weighted by Crippen LogP contribution is 2.35. The van der Waals surface area contributed by atoms with Crippen LogP contribution in [-0.2, 0) is 4.74 Å². The van der Waals surface area contributed by atoms with Gasteiger partial charge in [-0.1, -0.05) is 30.3 Å². The van der Waals surface area contributed by atoms with Crippen molar-refractivity contribution in [1.82, 2.24) is 4.90 Å². The summed E-state index contributed by atoms with van der Waals surface area (Å²) in [4.78, 5) is 14.8. The second-order valence-corrected chi connectivity index (χ2v) is 8.20. The van der Waals surface area contributed by atoms with E-state index in [0.717, 1.165) is 53.7 Å². The van der Waals surface area contributed by atoms with E-state index in [1.165, 1.54) is 6.42 Å². The molecule has 2 unspecified atom stereocenters. The number of carbonyl (C=O) groups excluding carboxylic acids is 1. The SMILES string of the molecule is COc1ccccc1OC.Cc1cccc(C)c1C(=O)OC1=CC2C(CC1)CCN2C. The molecular formula is C26H33NO4. The van der Waals surface area contributed by atoms with Crippen LogP contribution >= 0.6 is 0 Å². The zero-order chi connectivity index (χ0) is 22.4. The number of likely N-dealkylation sites (N-methyl/N-ethyl adjacent to an activating group) is 1. The maximum absolute atomic E-state index is 12.5. The number of ether oxygens (including phenoxy) is 3. The maximum atomic E-state index is 12.5. The van der Waals surface area contributed by atoms with Crippen molar-refractivity contribution in [2.24, 2.45) is 5.92 Å². The number of rotatable bonds is 4. The van der Waals surface area contributed by atoms with Gasteiger partial charge in [-0.25, -0.2) is 4.79 Å². The molecule has 2 aromatic rings.